The summed E-state index contributed by atoms with van der Waals surface area (Å²) in [5, 5.41) is 40.0. The third-order valence-electron chi connectivity index (χ3n) is 10.7. The maximum atomic E-state index is 12.8. The highest BCUT2D eigenvalue weighted by Crippen LogP contribution is 2.23. The zero-order valence-electron chi connectivity index (χ0n) is 35.2. The predicted molar refractivity (Wildman–Crippen MR) is 220 cm³/mol. The van der Waals surface area contributed by atoms with Gasteiger partial charge in [0.2, 0.25) is 0 Å². The van der Waals surface area contributed by atoms with Crippen molar-refractivity contribution < 1.29 is 49.0 Å². The summed E-state index contributed by atoms with van der Waals surface area (Å²) in [7, 11) is 0. The Morgan fingerprint density at radius 2 is 0.964 bits per heavy atom. The number of carbonyl (C=O) groups excluding carboxylic acids is 2. The molecule has 0 saturated carbocycles. The van der Waals surface area contributed by atoms with Crippen molar-refractivity contribution in [3.8, 4) is 0 Å². The first-order valence-electron chi connectivity index (χ1n) is 22.8. The van der Waals surface area contributed by atoms with Gasteiger partial charge in [0.15, 0.2) is 12.4 Å². The van der Waals surface area contributed by atoms with Gasteiger partial charge in [0.05, 0.1) is 13.2 Å². The van der Waals surface area contributed by atoms with Gasteiger partial charge in [-0.25, -0.2) is 0 Å². The third-order valence-corrected chi connectivity index (χ3v) is 10.7. The van der Waals surface area contributed by atoms with E-state index in [1.807, 2.05) is 0 Å². The van der Waals surface area contributed by atoms with Crippen LogP contribution in [0.25, 0.3) is 0 Å². The van der Waals surface area contributed by atoms with E-state index in [2.05, 4.69) is 26.0 Å². The number of ether oxygens (including phenoxy) is 4. The van der Waals surface area contributed by atoms with Crippen molar-refractivity contribution in [3.05, 3.63) is 12.2 Å². The topological polar surface area (TPSA) is 152 Å². The maximum Gasteiger partial charge on any atom is 0.306 e. The largest absolute Gasteiger partial charge is 0.462 e. The van der Waals surface area contributed by atoms with E-state index in [-0.39, 0.29) is 32.0 Å². The summed E-state index contributed by atoms with van der Waals surface area (Å²) in [6, 6.07) is 0. The molecule has 1 saturated heterocycles. The third kappa shape index (κ3) is 28.5. The second-order valence-electron chi connectivity index (χ2n) is 15.9. The molecular weight excluding hydrogens is 700 g/mol. The molecule has 0 aromatic rings. The van der Waals surface area contributed by atoms with Crippen LogP contribution >= 0.6 is 0 Å². The Kier molecular flexibility index (Phi) is 34.4. The average Bonchev–Trinajstić information content (AvgIpc) is 3.18. The minimum atomic E-state index is -1.59. The van der Waals surface area contributed by atoms with Crippen LogP contribution in [0.3, 0.4) is 0 Å². The molecule has 0 aromatic carbocycles. The van der Waals surface area contributed by atoms with Crippen LogP contribution in [0.5, 0.6) is 0 Å². The first-order valence-corrected chi connectivity index (χ1v) is 22.8. The van der Waals surface area contributed by atoms with Crippen LogP contribution in [0, 0.1) is 0 Å². The van der Waals surface area contributed by atoms with Crippen LogP contribution in [0.4, 0.5) is 0 Å². The van der Waals surface area contributed by atoms with Crippen molar-refractivity contribution in [2.24, 2.45) is 0 Å². The molecule has 10 heteroatoms. The summed E-state index contributed by atoms with van der Waals surface area (Å²) in [6.45, 7) is 3.43. The van der Waals surface area contributed by atoms with Crippen molar-refractivity contribution in [3.63, 3.8) is 0 Å². The van der Waals surface area contributed by atoms with Gasteiger partial charge in [-0.1, -0.05) is 167 Å². The van der Waals surface area contributed by atoms with Gasteiger partial charge in [-0.2, -0.15) is 0 Å². The van der Waals surface area contributed by atoms with Crippen LogP contribution in [-0.2, 0) is 28.5 Å². The van der Waals surface area contributed by atoms with Crippen molar-refractivity contribution in [1.29, 1.82) is 0 Å². The summed E-state index contributed by atoms with van der Waals surface area (Å²) in [4.78, 5) is 25.3. The lowest BCUT2D eigenvalue weighted by Crippen LogP contribution is -2.59. The van der Waals surface area contributed by atoms with Crippen LogP contribution in [-0.4, -0.2) is 89.0 Å². The molecule has 0 bridgehead atoms. The smallest absolute Gasteiger partial charge is 0.306 e. The monoisotopic (exact) mass is 785 g/mol. The lowest BCUT2D eigenvalue weighted by atomic mass is 9.99. The summed E-state index contributed by atoms with van der Waals surface area (Å²) in [5.41, 5.74) is 0. The number of hydrogen-bond acceptors (Lipinski definition) is 10. The van der Waals surface area contributed by atoms with E-state index in [9.17, 15) is 30.0 Å². The highest BCUT2D eigenvalue weighted by Gasteiger charge is 2.44. The molecule has 4 N–H and O–H groups in total. The molecule has 55 heavy (non-hydrogen) atoms. The molecule has 0 spiro atoms. The molecule has 1 heterocycles. The number of hydrogen-bond donors (Lipinski definition) is 4. The van der Waals surface area contributed by atoms with E-state index in [0.717, 1.165) is 44.9 Å². The van der Waals surface area contributed by atoms with Gasteiger partial charge in [0.1, 0.15) is 31.0 Å². The Bertz CT molecular complexity index is 912. The fraction of sp³-hybridized carbons (Fsp3) is 0.911. The summed E-state index contributed by atoms with van der Waals surface area (Å²) in [5.74, 6) is -0.802. The Labute approximate surface area is 335 Å². The Morgan fingerprint density at radius 1 is 0.545 bits per heavy atom. The van der Waals surface area contributed by atoms with E-state index in [0.29, 0.717) is 6.42 Å². The zero-order valence-corrected chi connectivity index (χ0v) is 35.2. The van der Waals surface area contributed by atoms with E-state index in [1.165, 1.54) is 128 Å². The number of rotatable bonds is 38. The fourth-order valence-electron chi connectivity index (χ4n) is 7.01. The molecule has 1 rings (SSSR count). The molecule has 0 amide bonds. The average molecular weight is 785 g/mol. The molecule has 0 radical (unpaired) electrons. The lowest BCUT2D eigenvalue weighted by Gasteiger charge is -2.39. The van der Waals surface area contributed by atoms with E-state index in [4.69, 9.17) is 18.9 Å². The maximum absolute atomic E-state index is 12.8. The van der Waals surface area contributed by atoms with Crippen LogP contribution in [0.2, 0.25) is 0 Å². The van der Waals surface area contributed by atoms with Gasteiger partial charge in [0, 0.05) is 12.8 Å². The first kappa shape index (κ1) is 51.5. The number of esters is 2. The molecule has 0 aromatic heterocycles. The van der Waals surface area contributed by atoms with Crippen LogP contribution in [0.15, 0.2) is 12.2 Å². The Balaban J connectivity index is 2.32. The van der Waals surface area contributed by atoms with Crippen molar-refractivity contribution in [1.82, 2.24) is 0 Å². The van der Waals surface area contributed by atoms with Crippen LogP contribution in [0.1, 0.15) is 206 Å². The second kappa shape index (κ2) is 36.8. The molecule has 2 unspecified atom stereocenters. The molecule has 10 nitrogen and oxygen atoms in total. The number of aliphatic hydroxyl groups is 4. The van der Waals surface area contributed by atoms with Crippen molar-refractivity contribution in [2.75, 3.05) is 19.8 Å². The summed E-state index contributed by atoms with van der Waals surface area (Å²) in [6.07, 6.45) is 30.7. The number of unbranched alkanes of at least 4 members (excludes halogenated alkanes) is 25. The highest BCUT2D eigenvalue weighted by molar-refractivity contribution is 5.70. The van der Waals surface area contributed by atoms with E-state index < -0.39 is 49.4 Å². The van der Waals surface area contributed by atoms with Gasteiger partial charge in [-0.3, -0.25) is 9.59 Å². The molecule has 6 atom stereocenters. The predicted octanol–water partition coefficient (Wildman–Crippen LogP) is 9.56. The minimum Gasteiger partial charge on any atom is -0.462 e. The summed E-state index contributed by atoms with van der Waals surface area (Å²) < 4.78 is 22.2. The number of carbonyl (C=O) groups is 2. The summed E-state index contributed by atoms with van der Waals surface area (Å²) >= 11 is 0. The fourth-order valence-corrected chi connectivity index (χ4v) is 7.01. The first-order chi connectivity index (χ1) is 26.8. The second-order valence-corrected chi connectivity index (χ2v) is 15.9. The van der Waals surface area contributed by atoms with Gasteiger partial charge < -0.3 is 39.4 Å². The molecule has 1 aliphatic rings. The molecule has 1 fully saturated rings. The standard InChI is InChI=1S/C45H84O10/c1-3-5-7-9-11-13-15-17-18-19-20-22-24-26-28-30-32-34-41(48)54-38(37-53-45-44(51)43(50)42(49)39(35-46)55-45)36-52-40(47)33-31-29-27-25-23-21-16-14-12-10-8-6-4-2/h17-18,38-39,42-46,49-51H,3-16,19-37H2,1-2H3/b18-17+/t38-,39-,42+,43?,44?,45-/m1/s1. The van der Waals surface area contributed by atoms with Gasteiger partial charge in [0.25, 0.3) is 0 Å². The molecule has 1 aliphatic heterocycles. The quantitative estimate of drug-likeness (QED) is 0.0271. The van der Waals surface area contributed by atoms with Gasteiger partial charge in [-0.05, 0) is 38.5 Å². The van der Waals surface area contributed by atoms with Crippen molar-refractivity contribution in [2.45, 2.75) is 243 Å². The normalized spacial score (nSPS) is 20.6. The Hall–Kier alpha value is -1.56. The van der Waals surface area contributed by atoms with Crippen LogP contribution < -0.4 is 0 Å². The molecular formula is C45H84O10. The van der Waals surface area contributed by atoms with Gasteiger partial charge in [-0.15, -0.1) is 0 Å². The highest BCUT2D eigenvalue weighted by atomic mass is 16.7. The lowest BCUT2D eigenvalue weighted by molar-refractivity contribution is -0.305. The Morgan fingerprint density at radius 3 is 1.42 bits per heavy atom. The molecule has 0 aliphatic carbocycles. The van der Waals surface area contributed by atoms with E-state index >= 15 is 0 Å². The van der Waals surface area contributed by atoms with E-state index in [1.54, 1.807) is 0 Å². The zero-order chi connectivity index (χ0) is 40.2. The van der Waals surface area contributed by atoms with Crippen molar-refractivity contribution >= 4 is 11.9 Å². The SMILES string of the molecule is CCCCCCCC/C=C/CCCCCCCCCC(=O)O[C@H](COC(=O)CCCCCCCCCCCCCCC)CO[C@@H]1O[C@H](CO)[C@H](O)C(O)C1O. The molecule has 324 valence electrons. The minimum absolute atomic E-state index is 0.214. The number of allylic oxidation sites excluding steroid dienone is 2. The van der Waals surface area contributed by atoms with Gasteiger partial charge >= 0.3 is 11.9 Å². The number of aliphatic hydroxyl groups excluding tert-OH is 4.